The predicted molar refractivity (Wildman–Crippen MR) is 87.3 cm³/mol. The number of aromatic nitrogens is 3. The van der Waals surface area contributed by atoms with Gasteiger partial charge in [0.15, 0.2) is 0 Å². The Morgan fingerprint density at radius 2 is 2.04 bits per heavy atom. The molecular weight excluding hydrogens is 336 g/mol. The predicted octanol–water partition coefficient (Wildman–Crippen LogP) is 1.93. The highest BCUT2D eigenvalue weighted by Crippen LogP contribution is 2.31. The van der Waals surface area contributed by atoms with Crippen molar-refractivity contribution in [1.29, 1.82) is 0 Å². The van der Waals surface area contributed by atoms with Crippen molar-refractivity contribution in [3.63, 3.8) is 0 Å². The third kappa shape index (κ3) is 2.86. The number of rotatable bonds is 3. The summed E-state index contributed by atoms with van der Waals surface area (Å²) in [4.78, 5) is 39.5. The number of anilines is 1. The van der Waals surface area contributed by atoms with Crippen LogP contribution in [0, 0.1) is 6.92 Å². The maximum absolute atomic E-state index is 12.5. The summed E-state index contributed by atoms with van der Waals surface area (Å²) in [5.74, 6) is -0.343. The van der Waals surface area contributed by atoms with Crippen molar-refractivity contribution in [3.05, 3.63) is 67.6 Å². The molecule has 3 aromatic rings. The van der Waals surface area contributed by atoms with Crippen molar-refractivity contribution in [1.82, 2.24) is 15.1 Å². The first-order chi connectivity index (χ1) is 11.5. The smallest absolute Gasteiger partial charge is 0.325 e. The third-order valence-corrected chi connectivity index (χ3v) is 3.62. The molecule has 0 aliphatic rings. The van der Waals surface area contributed by atoms with E-state index in [0.29, 0.717) is 10.6 Å². The molecule has 2 heterocycles. The monoisotopic (exact) mass is 346 g/mol. The molecule has 1 amide bonds. The van der Waals surface area contributed by atoms with Gasteiger partial charge >= 0.3 is 5.69 Å². The van der Waals surface area contributed by atoms with E-state index in [1.165, 1.54) is 0 Å². The Hall–Kier alpha value is -3.13. The Morgan fingerprint density at radius 1 is 1.29 bits per heavy atom. The van der Waals surface area contributed by atoms with E-state index in [1.807, 2.05) is 4.98 Å². The minimum absolute atomic E-state index is 0.106. The van der Waals surface area contributed by atoms with Crippen molar-refractivity contribution >= 4 is 23.2 Å². The van der Waals surface area contributed by atoms with Crippen LogP contribution in [0.5, 0.6) is 0 Å². The number of halogens is 1. The largest absolute Gasteiger partial charge is 0.360 e. The van der Waals surface area contributed by atoms with E-state index >= 15 is 0 Å². The summed E-state index contributed by atoms with van der Waals surface area (Å²) in [6.45, 7) is 1.57. The topological polar surface area (TPSA) is 121 Å². The van der Waals surface area contributed by atoms with Crippen molar-refractivity contribution in [2.45, 2.75) is 6.92 Å². The number of amides is 1. The molecule has 0 unspecified atom stereocenters. The SMILES string of the molecule is Cc1onc(-c2ccccc2Cl)c1C(=O)Nc1c[nH]c(=O)[nH]c1=O. The van der Waals surface area contributed by atoms with Gasteiger partial charge in [-0.3, -0.25) is 14.6 Å². The maximum Gasteiger partial charge on any atom is 0.325 e. The Kier molecular flexibility index (Phi) is 4.05. The van der Waals surface area contributed by atoms with E-state index in [-0.39, 0.29) is 22.7 Å². The summed E-state index contributed by atoms with van der Waals surface area (Å²) >= 11 is 6.14. The van der Waals surface area contributed by atoms with Gasteiger partial charge in [-0.1, -0.05) is 35.0 Å². The minimum Gasteiger partial charge on any atom is -0.360 e. The van der Waals surface area contributed by atoms with Crippen LogP contribution in [0.2, 0.25) is 5.02 Å². The van der Waals surface area contributed by atoms with Crippen LogP contribution in [0.1, 0.15) is 16.1 Å². The van der Waals surface area contributed by atoms with Gasteiger partial charge < -0.3 is 14.8 Å². The second-order valence-electron chi connectivity index (χ2n) is 4.88. The molecule has 0 saturated heterocycles. The Bertz CT molecular complexity index is 1030. The molecule has 0 saturated carbocycles. The molecule has 0 atom stereocenters. The molecule has 1 aromatic carbocycles. The lowest BCUT2D eigenvalue weighted by molar-refractivity contribution is 0.102. The van der Waals surface area contributed by atoms with Crippen LogP contribution in [0.25, 0.3) is 11.3 Å². The molecule has 9 heteroatoms. The molecule has 0 fully saturated rings. The first-order valence-electron chi connectivity index (χ1n) is 6.82. The Balaban J connectivity index is 2.02. The zero-order chi connectivity index (χ0) is 17.3. The number of carbonyl (C=O) groups is 1. The van der Waals surface area contributed by atoms with Gasteiger partial charge in [-0.25, -0.2) is 4.79 Å². The van der Waals surface area contributed by atoms with Crippen molar-refractivity contribution in [3.8, 4) is 11.3 Å². The molecule has 24 heavy (non-hydrogen) atoms. The molecule has 3 N–H and O–H groups in total. The lowest BCUT2D eigenvalue weighted by Gasteiger charge is -2.05. The van der Waals surface area contributed by atoms with Crippen LogP contribution in [-0.4, -0.2) is 21.0 Å². The summed E-state index contributed by atoms with van der Waals surface area (Å²) in [5.41, 5.74) is -0.566. The van der Waals surface area contributed by atoms with Crippen LogP contribution in [0.3, 0.4) is 0 Å². The number of hydrogen-bond acceptors (Lipinski definition) is 5. The summed E-state index contributed by atoms with van der Waals surface area (Å²) < 4.78 is 5.10. The van der Waals surface area contributed by atoms with Gasteiger partial charge in [-0.15, -0.1) is 0 Å². The molecule has 0 spiro atoms. The molecule has 8 nitrogen and oxygen atoms in total. The van der Waals surface area contributed by atoms with Gasteiger partial charge in [0.05, 0.1) is 5.02 Å². The molecular formula is C15H11ClN4O4. The number of nitrogens with zero attached hydrogens (tertiary/aromatic N) is 1. The highest BCUT2D eigenvalue weighted by Gasteiger charge is 2.23. The highest BCUT2D eigenvalue weighted by molar-refractivity contribution is 6.33. The third-order valence-electron chi connectivity index (χ3n) is 3.29. The van der Waals surface area contributed by atoms with Crippen molar-refractivity contribution < 1.29 is 9.32 Å². The van der Waals surface area contributed by atoms with Crippen molar-refractivity contribution in [2.24, 2.45) is 0 Å². The average Bonchev–Trinajstić information content (AvgIpc) is 2.92. The number of aryl methyl sites for hydroxylation is 1. The number of benzene rings is 1. The molecule has 3 rings (SSSR count). The van der Waals surface area contributed by atoms with Gasteiger partial charge in [0.25, 0.3) is 11.5 Å². The fourth-order valence-electron chi connectivity index (χ4n) is 2.16. The first kappa shape index (κ1) is 15.8. The number of H-pyrrole nitrogens is 2. The number of aromatic amines is 2. The normalized spacial score (nSPS) is 10.6. The molecule has 2 aromatic heterocycles. The van der Waals surface area contributed by atoms with Gasteiger partial charge in [-0.05, 0) is 13.0 Å². The number of hydrogen-bond donors (Lipinski definition) is 3. The van der Waals surface area contributed by atoms with E-state index in [0.717, 1.165) is 6.20 Å². The van der Waals surface area contributed by atoms with Gasteiger partial charge in [0.2, 0.25) is 0 Å². The van der Waals surface area contributed by atoms with E-state index in [9.17, 15) is 14.4 Å². The maximum atomic E-state index is 12.5. The van der Waals surface area contributed by atoms with Crippen LogP contribution < -0.4 is 16.6 Å². The summed E-state index contributed by atoms with van der Waals surface area (Å²) in [6, 6.07) is 6.86. The molecule has 0 aliphatic heterocycles. The Morgan fingerprint density at radius 3 is 2.75 bits per heavy atom. The van der Waals surface area contributed by atoms with E-state index < -0.39 is 17.2 Å². The lowest BCUT2D eigenvalue weighted by atomic mass is 10.1. The standard InChI is InChI=1S/C15H11ClN4O4/c1-7-11(12(20-24-7)8-4-2-3-5-9(8)16)14(22)18-10-6-17-15(23)19-13(10)21/h2-6H,1H3,(H,18,22)(H2,17,19,21,23). The number of nitrogens with one attached hydrogen (secondary N) is 3. The molecule has 0 radical (unpaired) electrons. The Labute approximate surface area is 139 Å². The molecule has 0 aliphatic carbocycles. The summed E-state index contributed by atoms with van der Waals surface area (Å²) in [6.07, 6.45) is 1.11. The van der Waals surface area contributed by atoms with Crippen molar-refractivity contribution in [2.75, 3.05) is 5.32 Å². The second kappa shape index (κ2) is 6.17. The molecule has 0 bridgehead atoms. The highest BCUT2D eigenvalue weighted by atomic mass is 35.5. The van der Waals surface area contributed by atoms with Crippen LogP contribution in [0.4, 0.5) is 5.69 Å². The lowest BCUT2D eigenvalue weighted by Crippen LogP contribution is -2.26. The van der Waals surface area contributed by atoms with E-state index in [1.54, 1.807) is 31.2 Å². The van der Waals surface area contributed by atoms with Gasteiger partial charge in [0, 0.05) is 11.8 Å². The van der Waals surface area contributed by atoms with Crippen LogP contribution >= 0.6 is 11.6 Å². The zero-order valence-corrected chi connectivity index (χ0v) is 13.1. The summed E-state index contributed by atoms with van der Waals surface area (Å²) in [5, 5.41) is 6.70. The number of carbonyl (C=O) groups excluding carboxylic acids is 1. The van der Waals surface area contributed by atoms with Gasteiger partial charge in [-0.2, -0.15) is 0 Å². The fourth-order valence-corrected chi connectivity index (χ4v) is 2.39. The average molecular weight is 347 g/mol. The van der Waals surface area contributed by atoms with E-state index in [4.69, 9.17) is 16.1 Å². The summed E-state index contributed by atoms with van der Waals surface area (Å²) in [7, 11) is 0. The van der Waals surface area contributed by atoms with Gasteiger partial charge in [0.1, 0.15) is 22.7 Å². The second-order valence-corrected chi connectivity index (χ2v) is 5.29. The molecule has 122 valence electrons. The van der Waals surface area contributed by atoms with Crippen LogP contribution in [-0.2, 0) is 0 Å². The van der Waals surface area contributed by atoms with Crippen LogP contribution in [0.15, 0.2) is 44.6 Å². The zero-order valence-electron chi connectivity index (χ0n) is 12.3. The minimum atomic E-state index is -0.722. The first-order valence-corrected chi connectivity index (χ1v) is 7.19. The quantitative estimate of drug-likeness (QED) is 0.669. The van der Waals surface area contributed by atoms with E-state index in [2.05, 4.69) is 15.5 Å². The fraction of sp³-hybridized carbons (Fsp3) is 0.0667.